The van der Waals surface area contributed by atoms with Crippen LogP contribution in [0.3, 0.4) is 0 Å². The van der Waals surface area contributed by atoms with Gasteiger partial charge in [-0.3, -0.25) is 4.79 Å². The van der Waals surface area contributed by atoms with E-state index in [-0.39, 0.29) is 18.7 Å². The molecule has 0 heterocycles. The summed E-state index contributed by atoms with van der Waals surface area (Å²) in [6, 6.07) is 6.92. The Labute approximate surface area is 89.1 Å². The molecule has 0 saturated heterocycles. The molecule has 0 saturated carbocycles. The van der Waals surface area contributed by atoms with Crippen LogP contribution in [0.15, 0.2) is 24.3 Å². The molecule has 0 spiro atoms. The van der Waals surface area contributed by atoms with Crippen LogP contribution in [0.1, 0.15) is 29.3 Å². The third-order valence-electron chi connectivity index (χ3n) is 2.19. The number of amides is 1. The first-order chi connectivity index (χ1) is 7.19. The molecule has 0 bridgehead atoms. The molecule has 0 aliphatic rings. The lowest BCUT2D eigenvalue weighted by Gasteiger charge is -2.13. The van der Waals surface area contributed by atoms with Crippen molar-refractivity contribution < 1.29 is 9.90 Å². The van der Waals surface area contributed by atoms with E-state index in [4.69, 9.17) is 10.8 Å². The highest BCUT2D eigenvalue weighted by Gasteiger charge is 2.11. The Kier molecular flexibility index (Phi) is 4.27. The van der Waals surface area contributed by atoms with E-state index in [1.54, 1.807) is 24.3 Å². The summed E-state index contributed by atoms with van der Waals surface area (Å²) in [6.45, 7) is 1.74. The van der Waals surface area contributed by atoms with Crippen LogP contribution in [0.2, 0.25) is 0 Å². The Morgan fingerprint density at radius 2 is 2.20 bits per heavy atom. The molecule has 0 aliphatic heterocycles. The third kappa shape index (κ3) is 3.04. The molecule has 4 N–H and O–H groups in total. The molecule has 4 heteroatoms. The largest absolute Gasteiger partial charge is 0.392 e. The average Bonchev–Trinajstić information content (AvgIpc) is 2.28. The van der Waals surface area contributed by atoms with Gasteiger partial charge in [0.15, 0.2) is 0 Å². The number of carbonyl (C=O) groups is 1. The summed E-state index contributed by atoms with van der Waals surface area (Å²) >= 11 is 0. The van der Waals surface area contributed by atoms with Crippen molar-refractivity contribution in [1.82, 2.24) is 5.32 Å². The van der Waals surface area contributed by atoms with Crippen molar-refractivity contribution in [3.8, 4) is 0 Å². The maximum atomic E-state index is 11.7. The number of nitrogens with two attached hydrogens (primary N) is 1. The number of hydrogen-bond acceptors (Lipinski definition) is 3. The van der Waals surface area contributed by atoms with E-state index in [9.17, 15) is 4.79 Å². The van der Waals surface area contributed by atoms with Crippen molar-refractivity contribution in [3.63, 3.8) is 0 Å². The molecule has 0 fully saturated rings. The Morgan fingerprint density at radius 1 is 1.53 bits per heavy atom. The van der Waals surface area contributed by atoms with E-state index in [2.05, 4.69) is 5.32 Å². The quantitative estimate of drug-likeness (QED) is 0.634. The second-order valence-electron chi connectivity index (χ2n) is 3.30. The van der Waals surface area contributed by atoms with E-state index >= 15 is 0 Å². The first kappa shape index (κ1) is 11.7. The van der Waals surface area contributed by atoms with E-state index in [1.807, 2.05) is 6.92 Å². The molecule has 0 unspecified atom stereocenters. The molecule has 1 rings (SSSR count). The molecular weight excluding hydrogens is 192 g/mol. The molecule has 0 aromatic heterocycles. The Hall–Kier alpha value is -1.39. The monoisotopic (exact) mass is 208 g/mol. The summed E-state index contributed by atoms with van der Waals surface area (Å²) in [6.07, 6.45) is 0.330. The average molecular weight is 208 g/mol. The van der Waals surface area contributed by atoms with Gasteiger partial charge in [-0.25, -0.2) is 0 Å². The SMILES string of the molecule is CC[C@@H](N)NC(=O)c1ccccc1CO. The van der Waals surface area contributed by atoms with Gasteiger partial charge < -0.3 is 16.2 Å². The van der Waals surface area contributed by atoms with E-state index in [1.165, 1.54) is 0 Å². The summed E-state index contributed by atoms with van der Waals surface area (Å²) in [5.41, 5.74) is 6.69. The number of nitrogens with one attached hydrogen (secondary N) is 1. The number of aliphatic hydroxyl groups excluding tert-OH is 1. The number of benzene rings is 1. The molecular formula is C11H16N2O2. The van der Waals surface area contributed by atoms with Crippen LogP contribution in [-0.2, 0) is 6.61 Å². The van der Waals surface area contributed by atoms with Crippen LogP contribution in [0.5, 0.6) is 0 Å². The molecule has 1 atom stereocenters. The number of hydrogen-bond donors (Lipinski definition) is 3. The topological polar surface area (TPSA) is 75.3 Å². The Bertz CT molecular complexity index is 339. The molecule has 82 valence electrons. The molecule has 1 aromatic rings. The minimum absolute atomic E-state index is 0.148. The zero-order valence-electron chi connectivity index (χ0n) is 8.73. The number of carbonyl (C=O) groups excluding carboxylic acids is 1. The minimum Gasteiger partial charge on any atom is -0.392 e. The van der Waals surface area contributed by atoms with Crippen molar-refractivity contribution in [1.29, 1.82) is 0 Å². The Morgan fingerprint density at radius 3 is 2.80 bits per heavy atom. The van der Waals surface area contributed by atoms with Gasteiger partial charge in [0.2, 0.25) is 0 Å². The van der Waals surface area contributed by atoms with Crippen LogP contribution in [0, 0.1) is 0 Å². The highest BCUT2D eigenvalue weighted by Crippen LogP contribution is 2.08. The van der Waals surface area contributed by atoms with E-state index < -0.39 is 0 Å². The van der Waals surface area contributed by atoms with E-state index in [0.29, 0.717) is 17.5 Å². The zero-order valence-corrected chi connectivity index (χ0v) is 8.73. The maximum Gasteiger partial charge on any atom is 0.252 e. The van der Waals surface area contributed by atoms with Gasteiger partial charge in [-0.2, -0.15) is 0 Å². The molecule has 1 aromatic carbocycles. The van der Waals surface area contributed by atoms with Crippen LogP contribution in [0.25, 0.3) is 0 Å². The van der Waals surface area contributed by atoms with Gasteiger partial charge in [0.05, 0.1) is 12.8 Å². The summed E-state index contributed by atoms with van der Waals surface area (Å²) in [7, 11) is 0. The van der Waals surface area contributed by atoms with Crippen molar-refractivity contribution in [2.75, 3.05) is 0 Å². The highest BCUT2D eigenvalue weighted by molar-refractivity contribution is 5.95. The number of aliphatic hydroxyl groups is 1. The van der Waals surface area contributed by atoms with Gasteiger partial charge in [0.25, 0.3) is 5.91 Å². The first-order valence-electron chi connectivity index (χ1n) is 4.94. The zero-order chi connectivity index (χ0) is 11.3. The van der Waals surface area contributed by atoms with Gasteiger partial charge in [-0.05, 0) is 18.1 Å². The summed E-state index contributed by atoms with van der Waals surface area (Å²) in [4.78, 5) is 11.7. The summed E-state index contributed by atoms with van der Waals surface area (Å²) in [5.74, 6) is -0.242. The van der Waals surface area contributed by atoms with Crippen molar-refractivity contribution >= 4 is 5.91 Å². The standard InChI is InChI=1S/C11H16N2O2/c1-2-10(12)13-11(15)9-6-4-3-5-8(9)7-14/h3-6,10,14H,2,7,12H2,1H3,(H,13,15)/t10-/m0/s1. The minimum atomic E-state index is -0.343. The predicted octanol–water partition coefficient (Wildman–Crippen LogP) is 0.603. The van der Waals surface area contributed by atoms with Crippen molar-refractivity contribution in [2.24, 2.45) is 5.73 Å². The van der Waals surface area contributed by atoms with Crippen LogP contribution in [-0.4, -0.2) is 17.2 Å². The third-order valence-corrected chi connectivity index (χ3v) is 2.19. The maximum absolute atomic E-state index is 11.7. The van der Waals surface area contributed by atoms with Crippen LogP contribution >= 0.6 is 0 Å². The highest BCUT2D eigenvalue weighted by atomic mass is 16.3. The fourth-order valence-corrected chi connectivity index (χ4v) is 1.23. The second kappa shape index (κ2) is 5.48. The first-order valence-corrected chi connectivity index (χ1v) is 4.94. The van der Waals surface area contributed by atoms with Crippen molar-refractivity contribution in [3.05, 3.63) is 35.4 Å². The molecule has 0 aliphatic carbocycles. The van der Waals surface area contributed by atoms with Gasteiger partial charge >= 0.3 is 0 Å². The summed E-state index contributed by atoms with van der Waals surface area (Å²) < 4.78 is 0. The van der Waals surface area contributed by atoms with Crippen molar-refractivity contribution in [2.45, 2.75) is 26.1 Å². The normalized spacial score (nSPS) is 12.2. The van der Waals surface area contributed by atoms with Gasteiger partial charge in [0, 0.05) is 5.56 Å². The lowest BCUT2D eigenvalue weighted by molar-refractivity contribution is 0.0934. The number of rotatable bonds is 4. The summed E-state index contributed by atoms with van der Waals surface area (Å²) in [5, 5.41) is 11.7. The van der Waals surface area contributed by atoms with Crippen LogP contribution < -0.4 is 11.1 Å². The smallest absolute Gasteiger partial charge is 0.252 e. The van der Waals surface area contributed by atoms with Gasteiger partial charge in [-0.15, -0.1) is 0 Å². The van der Waals surface area contributed by atoms with Gasteiger partial charge in [0.1, 0.15) is 0 Å². The van der Waals surface area contributed by atoms with E-state index in [0.717, 1.165) is 0 Å². The molecule has 1 amide bonds. The fourth-order valence-electron chi connectivity index (χ4n) is 1.23. The molecule has 15 heavy (non-hydrogen) atoms. The van der Waals surface area contributed by atoms with Gasteiger partial charge in [-0.1, -0.05) is 25.1 Å². The lowest BCUT2D eigenvalue weighted by Crippen LogP contribution is -2.41. The molecule has 4 nitrogen and oxygen atoms in total. The lowest BCUT2D eigenvalue weighted by atomic mass is 10.1. The second-order valence-corrected chi connectivity index (χ2v) is 3.30. The van der Waals surface area contributed by atoms with Crippen LogP contribution in [0.4, 0.5) is 0 Å². The fraction of sp³-hybridized carbons (Fsp3) is 0.364. The molecule has 0 radical (unpaired) electrons. The Balaban J connectivity index is 2.81. The predicted molar refractivity (Wildman–Crippen MR) is 58.1 cm³/mol.